The monoisotopic (exact) mass is 440 g/mol. The Kier molecular flexibility index (Phi) is 7.17. The van der Waals surface area contributed by atoms with Crippen LogP contribution in [-0.4, -0.2) is 22.8 Å². The molecule has 6 heteroatoms. The summed E-state index contributed by atoms with van der Waals surface area (Å²) in [6, 6.07) is 26.8. The number of nitrogens with zero attached hydrogens (tertiary/aromatic N) is 2. The number of nitrogens with one attached hydrogen (secondary N) is 2. The third-order valence-electron chi connectivity index (χ3n) is 5.51. The van der Waals surface area contributed by atoms with Crippen molar-refractivity contribution in [1.29, 1.82) is 0 Å². The van der Waals surface area contributed by atoms with Gasteiger partial charge in [-0.25, -0.2) is 0 Å². The van der Waals surface area contributed by atoms with Gasteiger partial charge in [0.1, 0.15) is 11.8 Å². The second kappa shape index (κ2) is 10.6. The van der Waals surface area contributed by atoms with Crippen LogP contribution in [0.2, 0.25) is 0 Å². The molecule has 0 spiro atoms. The fourth-order valence-corrected chi connectivity index (χ4v) is 3.83. The highest BCUT2D eigenvalue weighted by atomic mass is 16.5. The number of hydrogen-bond donors (Lipinski definition) is 2. The molecule has 0 saturated heterocycles. The maximum absolute atomic E-state index is 13.6. The van der Waals surface area contributed by atoms with Crippen LogP contribution in [0.15, 0.2) is 97.3 Å². The first kappa shape index (κ1) is 22.3. The topological polar surface area (TPSA) is 68.2 Å². The van der Waals surface area contributed by atoms with E-state index in [9.17, 15) is 4.79 Å². The average molecular weight is 441 g/mol. The number of rotatable bonds is 9. The lowest BCUT2D eigenvalue weighted by atomic mass is 10.0. The molecule has 0 radical (unpaired) electrons. The van der Waals surface area contributed by atoms with Crippen molar-refractivity contribution in [2.24, 2.45) is 0 Å². The van der Waals surface area contributed by atoms with Crippen LogP contribution in [0.25, 0.3) is 0 Å². The lowest BCUT2D eigenvalue weighted by Gasteiger charge is -2.26. The molecule has 33 heavy (non-hydrogen) atoms. The van der Waals surface area contributed by atoms with E-state index in [-0.39, 0.29) is 11.9 Å². The third kappa shape index (κ3) is 5.67. The largest absolute Gasteiger partial charge is 0.495 e. The van der Waals surface area contributed by atoms with Crippen molar-refractivity contribution < 1.29 is 9.53 Å². The summed E-state index contributed by atoms with van der Waals surface area (Å²) in [5.74, 6) is 0.461. The Morgan fingerprint density at radius 3 is 2.30 bits per heavy atom. The molecule has 3 aromatic carbocycles. The zero-order valence-corrected chi connectivity index (χ0v) is 18.8. The van der Waals surface area contributed by atoms with Crippen molar-refractivity contribution in [2.75, 3.05) is 12.4 Å². The van der Waals surface area contributed by atoms with Gasteiger partial charge in [0, 0.05) is 12.4 Å². The minimum absolute atomic E-state index is 0.138. The highest BCUT2D eigenvalue weighted by Crippen LogP contribution is 2.28. The standard InChI is InChI=1S/C27H28N4O2/c1-20-14-15-25(33-2)23(18-20)30-27(32)26(22-12-7-4-8-13-22)29-24(19-31-17-9-16-28-31)21-10-5-3-6-11-21/h3-18,24,26,29H,19H2,1-2H3,(H,30,32)/t24-,26-/m0/s1. The molecular formula is C27H28N4O2. The van der Waals surface area contributed by atoms with Gasteiger partial charge in [-0.1, -0.05) is 66.7 Å². The predicted octanol–water partition coefficient (Wildman–Crippen LogP) is 4.91. The van der Waals surface area contributed by atoms with Crippen molar-refractivity contribution in [2.45, 2.75) is 25.6 Å². The van der Waals surface area contributed by atoms with Crippen molar-refractivity contribution in [1.82, 2.24) is 15.1 Å². The molecule has 2 N–H and O–H groups in total. The summed E-state index contributed by atoms with van der Waals surface area (Å²) in [6.45, 7) is 2.57. The number of benzene rings is 3. The van der Waals surface area contributed by atoms with E-state index < -0.39 is 6.04 Å². The van der Waals surface area contributed by atoms with E-state index >= 15 is 0 Å². The van der Waals surface area contributed by atoms with Gasteiger partial charge in [0.05, 0.1) is 25.4 Å². The average Bonchev–Trinajstić information content (AvgIpc) is 3.36. The molecule has 1 aromatic heterocycles. The first-order valence-electron chi connectivity index (χ1n) is 10.9. The number of amides is 1. The van der Waals surface area contributed by atoms with Gasteiger partial charge in [0.2, 0.25) is 5.91 Å². The van der Waals surface area contributed by atoms with E-state index in [4.69, 9.17) is 4.74 Å². The summed E-state index contributed by atoms with van der Waals surface area (Å²) in [5, 5.41) is 11.0. The molecule has 0 fully saturated rings. The second-order valence-corrected chi connectivity index (χ2v) is 7.89. The summed E-state index contributed by atoms with van der Waals surface area (Å²) in [5.41, 5.74) is 3.64. The third-order valence-corrected chi connectivity index (χ3v) is 5.51. The Labute approximate surface area is 194 Å². The smallest absolute Gasteiger partial charge is 0.246 e. The summed E-state index contributed by atoms with van der Waals surface area (Å²) in [7, 11) is 1.60. The van der Waals surface area contributed by atoms with E-state index in [1.807, 2.05) is 90.6 Å². The molecule has 2 atom stereocenters. The Bertz CT molecular complexity index is 1160. The van der Waals surface area contributed by atoms with Crippen LogP contribution in [0, 0.1) is 6.92 Å². The summed E-state index contributed by atoms with van der Waals surface area (Å²) < 4.78 is 7.33. The summed E-state index contributed by atoms with van der Waals surface area (Å²) in [6.07, 6.45) is 3.68. The molecule has 0 aliphatic rings. The molecule has 0 bridgehead atoms. The number of ether oxygens (including phenoxy) is 1. The van der Waals surface area contributed by atoms with Crippen molar-refractivity contribution in [3.05, 3.63) is 114 Å². The Morgan fingerprint density at radius 1 is 0.970 bits per heavy atom. The summed E-state index contributed by atoms with van der Waals surface area (Å²) >= 11 is 0. The molecular weight excluding hydrogens is 412 g/mol. The molecule has 4 rings (SSSR count). The lowest BCUT2D eigenvalue weighted by molar-refractivity contribution is -0.118. The van der Waals surface area contributed by atoms with Crippen LogP contribution in [0.3, 0.4) is 0 Å². The van der Waals surface area contributed by atoms with Gasteiger partial charge in [-0.3, -0.25) is 14.8 Å². The fraction of sp³-hybridized carbons (Fsp3) is 0.185. The molecule has 0 aliphatic heterocycles. The Hall–Kier alpha value is -3.90. The first-order chi connectivity index (χ1) is 16.1. The maximum Gasteiger partial charge on any atom is 0.246 e. The van der Waals surface area contributed by atoms with Gasteiger partial charge in [-0.2, -0.15) is 5.10 Å². The van der Waals surface area contributed by atoms with Crippen LogP contribution in [0.5, 0.6) is 5.75 Å². The molecule has 4 aromatic rings. The molecule has 1 heterocycles. The van der Waals surface area contributed by atoms with Crippen LogP contribution in [0.1, 0.15) is 28.8 Å². The number of hydrogen-bond acceptors (Lipinski definition) is 4. The number of methoxy groups -OCH3 is 1. The fourth-order valence-electron chi connectivity index (χ4n) is 3.83. The molecule has 1 amide bonds. The van der Waals surface area contributed by atoms with Crippen molar-refractivity contribution >= 4 is 11.6 Å². The van der Waals surface area contributed by atoms with E-state index in [0.717, 1.165) is 16.7 Å². The number of aryl methyl sites for hydroxylation is 1. The minimum Gasteiger partial charge on any atom is -0.495 e. The van der Waals surface area contributed by atoms with E-state index in [1.165, 1.54) is 0 Å². The Morgan fingerprint density at radius 2 is 1.67 bits per heavy atom. The predicted molar refractivity (Wildman–Crippen MR) is 130 cm³/mol. The highest BCUT2D eigenvalue weighted by Gasteiger charge is 2.26. The quantitative estimate of drug-likeness (QED) is 0.388. The van der Waals surface area contributed by atoms with Crippen LogP contribution in [-0.2, 0) is 11.3 Å². The van der Waals surface area contributed by atoms with E-state index in [0.29, 0.717) is 18.0 Å². The van der Waals surface area contributed by atoms with Crippen molar-refractivity contribution in [3.8, 4) is 5.75 Å². The van der Waals surface area contributed by atoms with Gasteiger partial charge >= 0.3 is 0 Å². The van der Waals surface area contributed by atoms with Crippen LogP contribution < -0.4 is 15.4 Å². The molecule has 0 unspecified atom stereocenters. The number of carbonyl (C=O) groups excluding carboxylic acids is 1. The highest BCUT2D eigenvalue weighted by molar-refractivity contribution is 5.96. The minimum atomic E-state index is -0.586. The zero-order chi connectivity index (χ0) is 23.0. The van der Waals surface area contributed by atoms with Gasteiger partial charge in [0.15, 0.2) is 0 Å². The molecule has 0 saturated carbocycles. The van der Waals surface area contributed by atoms with Gasteiger partial charge in [-0.15, -0.1) is 0 Å². The number of anilines is 1. The van der Waals surface area contributed by atoms with Crippen LogP contribution in [0.4, 0.5) is 5.69 Å². The Balaban J connectivity index is 1.66. The van der Waals surface area contributed by atoms with Gasteiger partial charge in [0.25, 0.3) is 0 Å². The summed E-state index contributed by atoms with van der Waals surface area (Å²) in [4.78, 5) is 13.6. The lowest BCUT2D eigenvalue weighted by Crippen LogP contribution is -2.37. The SMILES string of the molecule is COc1ccc(C)cc1NC(=O)[C@@H](N[C@@H](Cn1cccn1)c1ccccc1)c1ccccc1. The van der Waals surface area contributed by atoms with E-state index in [1.54, 1.807) is 13.3 Å². The molecule has 168 valence electrons. The van der Waals surface area contributed by atoms with Gasteiger partial charge in [-0.05, 0) is 41.8 Å². The number of aromatic nitrogens is 2. The first-order valence-corrected chi connectivity index (χ1v) is 10.9. The van der Waals surface area contributed by atoms with Crippen LogP contribution >= 0.6 is 0 Å². The van der Waals surface area contributed by atoms with E-state index in [2.05, 4.69) is 27.9 Å². The maximum atomic E-state index is 13.6. The van der Waals surface area contributed by atoms with Gasteiger partial charge < -0.3 is 10.1 Å². The second-order valence-electron chi connectivity index (χ2n) is 7.89. The van der Waals surface area contributed by atoms with Crippen molar-refractivity contribution in [3.63, 3.8) is 0 Å². The number of carbonyl (C=O) groups is 1. The molecule has 6 nitrogen and oxygen atoms in total. The zero-order valence-electron chi connectivity index (χ0n) is 18.8. The molecule has 0 aliphatic carbocycles. The normalized spacial score (nSPS) is 12.7.